The topological polar surface area (TPSA) is 65.3 Å². The fourth-order valence-electron chi connectivity index (χ4n) is 2.68. The summed E-state index contributed by atoms with van der Waals surface area (Å²) >= 11 is 1.44. The highest BCUT2D eigenvalue weighted by Gasteiger charge is 2.09. The maximum Gasteiger partial charge on any atom is 0.270 e. The van der Waals surface area contributed by atoms with Gasteiger partial charge >= 0.3 is 0 Å². The summed E-state index contributed by atoms with van der Waals surface area (Å²) in [4.78, 5) is 15.0. The average Bonchev–Trinajstić information content (AvgIpc) is 3.09. The molecule has 0 saturated heterocycles. The van der Waals surface area contributed by atoms with E-state index in [-0.39, 0.29) is 10.6 Å². The number of thiazole rings is 1. The second-order valence-corrected chi connectivity index (χ2v) is 7.33. The van der Waals surface area contributed by atoms with Crippen molar-refractivity contribution in [1.29, 1.82) is 0 Å². The number of unbranched alkanes of at least 4 members (excludes halogenated alkanes) is 3. The molecule has 1 aromatic heterocycles. The van der Waals surface area contributed by atoms with Gasteiger partial charge in [0.1, 0.15) is 10.8 Å². The largest absolute Gasteiger partial charge is 0.494 e. The first-order chi connectivity index (χ1) is 13.2. The molecule has 0 bridgehead atoms. The second kappa shape index (κ2) is 9.28. The van der Waals surface area contributed by atoms with Gasteiger partial charge in [-0.25, -0.2) is 4.98 Å². The van der Waals surface area contributed by atoms with Gasteiger partial charge in [-0.2, -0.15) is 0 Å². The molecule has 0 fully saturated rings. The molecule has 0 aliphatic heterocycles. The molecular weight excluding hydrogens is 360 g/mol. The number of nitrogens with zero attached hydrogens (tertiary/aromatic N) is 2. The molecule has 0 aliphatic carbocycles. The molecule has 0 unspecified atom stereocenters. The van der Waals surface area contributed by atoms with Gasteiger partial charge in [0.05, 0.1) is 21.7 Å². The summed E-state index contributed by atoms with van der Waals surface area (Å²) in [5, 5.41) is 11.7. The summed E-state index contributed by atoms with van der Waals surface area (Å²) in [6, 6.07) is 12.7. The number of non-ortho nitro benzene ring substituents is 1. The van der Waals surface area contributed by atoms with Gasteiger partial charge in [-0.15, -0.1) is 11.3 Å². The van der Waals surface area contributed by atoms with Gasteiger partial charge in [0.2, 0.25) is 0 Å². The van der Waals surface area contributed by atoms with Crippen LogP contribution in [0.1, 0.15) is 43.2 Å². The molecule has 0 amide bonds. The smallest absolute Gasteiger partial charge is 0.270 e. The van der Waals surface area contributed by atoms with Crippen LogP contribution in [-0.4, -0.2) is 16.5 Å². The third-order valence-corrected chi connectivity index (χ3v) is 5.15. The Morgan fingerprint density at radius 1 is 1.11 bits per heavy atom. The van der Waals surface area contributed by atoms with Crippen LogP contribution in [-0.2, 0) is 0 Å². The van der Waals surface area contributed by atoms with Crippen LogP contribution in [0.4, 0.5) is 5.69 Å². The summed E-state index contributed by atoms with van der Waals surface area (Å²) < 4.78 is 6.57. The molecule has 0 saturated carbocycles. The van der Waals surface area contributed by atoms with E-state index < -0.39 is 0 Å². The predicted molar refractivity (Wildman–Crippen MR) is 111 cm³/mol. The number of nitro benzene ring substituents is 1. The van der Waals surface area contributed by atoms with Gasteiger partial charge in [-0.05, 0) is 36.3 Å². The Balaban J connectivity index is 1.60. The monoisotopic (exact) mass is 382 g/mol. The highest BCUT2D eigenvalue weighted by molar-refractivity contribution is 7.19. The van der Waals surface area contributed by atoms with Gasteiger partial charge in [-0.1, -0.05) is 44.4 Å². The molecule has 5 nitrogen and oxygen atoms in total. The minimum Gasteiger partial charge on any atom is -0.494 e. The number of benzene rings is 2. The van der Waals surface area contributed by atoms with E-state index in [1.165, 1.54) is 36.7 Å². The first-order valence-corrected chi connectivity index (χ1v) is 9.93. The highest BCUT2D eigenvalue weighted by atomic mass is 32.1. The Morgan fingerprint density at radius 2 is 1.93 bits per heavy atom. The Labute approximate surface area is 162 Å². The van der Waals surface area contributed by atoms with Crippen LogP contribution in [0.3, 0.4) is 0 Å². The fraction of sp³-hybridized carbons (Fsp3) is 0.286. The lowest BCUT2D eigenvalue weighted by Gasteiger charge is -2.05. The lowest BCUT2D eigenvalue weighted by molar-refractivity contribution is -0.384. The van der Waals surface area contributed by atoms with E-state index in [2.05, 4.69) is 11.9 Å². The molecule has 3 rings (SSSR count). The Morgan fingerprint density at radius 3 is 2.67 bits per heavy atom. The quantitative estimate of drug-likeness (QED) is 0.246. The zero-order valence-electron chi connectivity index (χ0n) is 15.3. The lowest BCUT2D eigenvalue weighted by atomic mass is 10.2. The second-order valence-electron chi connectivity index (χ2n) is 6.27. The van der Waals surface area contributed by atoms with Crippen molar-refractivity contribution in [3.63, 3.8) is 0 Å². The number of hydrogen-bond donors (Lipinski definition) is 0. The standard InChI is InChI=1S/C21H22N2O3S/c1-2-3-4-5-14-26-18-10-6-16(7-11-18)8-13-21-22-19-12-9-17(23(24)25)15-20(19)27-21/h6-13,15H,2-5,14H2,1H3/b13-8+. The van der Waals surface area contributed by atoms with E-state index in [4.69, 9.17) is 4.74 Å². The summed E-state index contributed by atoms with van der Waals surface area (Å²) in [5.74, 6) is 0.885. The van der Waals surface area contributed by atoms with E-state index in [0.29, 0.717) is 0 Å². The summed E-state index contributed by atoms with van der Waals surface area (Å²) in [6.07, 6.45) is 8.70. The molecule has 27 heavy (non-hydrogen) atoms. The first-order valence-electron chi connectivity index (χ1n) is 9.11. The van der Waals surface area contributed by atoms with Crippen molar-refractivity contribution < 1.29 is 9.66 Å². The first kappa shape index (κ1) is 19.0. The molecular formula is C21H22N2O3S. The van der Waals surface area contributed by atoms with Crippen molar-refractivity contribution >= 4 is 39.4 Å². The van der Waals surface area contributed by atoms with Crippen LogP contribution in [0.25, 0.3) is 22.4 Å². The van der Waals surface area contributed by atoms with Gasteiger partial charge < -0.3 is 4.74 Å². The van der Waals surface area contributed by atoms with Gasteiger partial charge in [-0.3, -0.25) is 10.1 Å². The van der Waals surface area contributed by atoms with Crippen molar-refractivity contribution in [2.75, 3.05) is 6.61 Å². The molecule has 140 valence electrons. The molecule has 2 aromatic carbocycles. The van der Waals surface area contributed by atoms with Gasteiger partial charge in [0.15, 0.2) is 0 Å². The molecule has 3 aromatic rings. The van der Waals surface area contributed by atoms with Crippen LogP contribution in [0.15, 0.2) is 42.5 Å². The third kappa shape index (κ3) is 5.37. The van der Waals surface area contributed by atoms with Gasteiger partial charge in [0.25, 0.3) is 5.69 Å². The Hall–Kier alpha value is -2.73. The molecule has 0 spiro atoms. The molecule has 0 atom stereocenters. The van der Waals surface area contributed by atoms with E-state index in [0.717, 1.165) is 39.6 Å². The van der Waals surface area contributed by atoms with Crippen molar-refractivity contribution in [2.24, 2.45) is 0 Å². The normalized spacial score (nSPS) is 11.3. The molecule has 0 radical (unpaired) electrons. The maximum atomic E-state index is 10.9. The highest BCUT2D eigenvalue weighted by Crippen LogP contribution is 2.27. The van der Waals surface area contributed by atoms with Crippen LogP contribution < -0.4 is 4.74 Å². The number of hydrogen-bond acceptors (Lipinski definition) is 5. The van der Waals surface area contributed by atoms with E-state index in [1.54, 1.807) is 12.1 Å². The molecule has 0 aliphatic rings. The van der Waals surface area contributed by atoms with Crippen molar-refractivity contribution in [3.8, 4) is 5.75 Å². The van der Waals surface area contributed by atoms with Crippen molar-refractivity contribution in [3.05, 3.63) is 63.1 Å². The van der Waals surface area contributed by atoms with Crippen molar-refractivity contribution in [2.45, 2.75) is 32.6 Å². The number of nitro groups is 1. The summed E-state index contributed by atoms with van der Waals surface area (Å²) in [5.41, 5.74) is 1.92. The maximum absolute atomic E-state index is 10.9. The van der Waals surface area contributed by atoms with E-state index in [1.807, 2.05) is 36.4 Å². The van der Waals surface area contributed by atoms with Crippen LogP contribution in [0.2, 0.25) is 0 Å². The Kier molecular flexibility index (Phi) is 6.54. The predicted octanol–water partition coefficient (Wildman–Crippen LogP) is 6.33. The van der Waals surface area contributed by atoms with E-state index in [9.17, 15) is 10.1 Å². The van der Waals surface area contributed by atoms with Gasteiger partial charge in [0, 0.05) is 12.1 Å². The summed E-state index contributed by atoms with van der Waals surface area (Å²) in [7, 11) is 0. The van der Waals surface area contributed by atoms with Crippen LogP contribution in [0, 0.1) is 10.1 Å². The molecule has 1 heterocycles. The fourth-order valence-corrected chi connectivity index (χ4v) is 3.58. The Bertz CT molecular complexity index is 932. The van der Waals surface area contributed by atoms with Crippen molar-refractivity contribution in [1.82, 2.24) is 4.98 Å². The number of ether oxygens (including phenoxy) is 1. The molecule has 6 heteroatoms. The minimum absolute atomic E-state index is 0.0898. The third-order valence-electron chi connectivity index (χ3n) is 4.16. The zero-order valence-corrected chi connectivity index (χ0v) is 16.1. The lowest BCUT2D eigenvalue weighted by Crippen LogP contribution is -1.96. The number of fused-ring (bicyclic) bond motifs is 1. The minimum atomic E-state index is -0.387. The SMILES string of the molecule is CCCCCCOc1ccc(/C=C/c2nc3ccc([N+](=O)[O-])cc3s2)cc1. The van der Waals surface area contributed by atoms with E-state index >= 15 is 0 Å². The number of rotatable bonds is 9. The summed E-state index contributed by atoms with van der Waals surface area (Å²) in [6.45, 7) is 2.96. The zero-order chi connectivity index (χ0) is 19.1. The van der Waals surface area contributed by atoms with Crippen LogP contribution in [0.5, 0.6) is 5.75 Å². The number of aromatic nitrogens is 1. The average molecular weight is 382 g/mol. The van der Waals surface area contributed by atoms with Crippen LogP contribution >= 0.6 is 11.3 Å². The molecule has 0 N–H and O–H groups in total.